The number of H-pyrrole nitrogens is 1. The van der Waals surface area contributed by atoms with E-state index in [1.807, 2.05) is 18.2 Å². The van der Waals surface area contributed by atoms with E-state index in [1.165, 1.54) is 32.1 Å². The van der Waals surface area contributed by atoms with Crippen LogP contribution >= 0.6 is 0 Å². The first-order chi connectivity index (χ1) is 13.0. The summed E-state index contributed by atoms with van der Waals surface area (Å²) in [6.07, 6.45) is 8.17. The van der Waals surface area contributed by atoms with Gasteiger partial charge >= 0.3 is 0 Å². The van der Waals surface area contributed by atoms with Crippen LogP contribution in [0.4, 0.5) is 5.69 Å². The smallest absolute Gasteiger partial charge is 0.248 e. The molecule has 1 aromatic carbocycles. The lowest BCUT2D eigenvalue weighted by Gasteiger charge is -2.27. The maximum atomic E-state index is 12.7. The number of hydrogen-bond acceptors (Lipinski definition) is 2. The summed E-state index contributed by atoms with van der Waals surface area (Å²) in [5.41, 5.74) is 2.49. The van der Waals surface area contributed by atoms with Crippen molar-refractivity contribution in [1.82, 2.24) is 4.98 Å². The van der Waals surface area contributed by atoms with Crippen LogP contribution in [0.5, 0.6) is 0 Å². The number of fused-ring (bicyclic) bond motifs is 1. The molecule has 2 aromatic rings. The maximum Gasteiger partial charge on any atom is 0.248 e. The number of unbranched alkanes of at least 4 members (excludes halogenated alkanes) is 1. The van der Waals surface area contributed by atoms with E-state index in [1.54, 1.807) is 6.07 Å². The molecule has 1 saturated carbocycles. The number of carbonyl (C=O) groups excluding carboxylic acids is 1. The van der Waals surface area contributed by atoms with Crippen molar-refractivity contribution in [3.63, 3.8) is 0 Å². The fourth-order valence-corrected chi connectivity index (χ4v) is 4.29. The van der Waals surface area contributed by atoms with E-state index in [0.29, 0.717) is 0 Å². The van der Waals surface area contributed by atoms with Crippen LogP contribution in [0.1, 0.15) is 77.2 Å². The van der Waals surface area contributed by atoms with E-state index in [-0.39, 0.29) is 23.3 Å². The lowest BCUT2D eigenvalue weighted by molar-refractivity contribution is -0.121. The minimum absolute atomic E-state index is 0.0971. The fraction of sp³-hybridized carbons (Fsp3) is 0.565. The topological polar surface area (TPSA) is 62.0 Å². The molecule has 1 amide bonds. The van der Waals surface area contributed by atoms with Gasteiger partial charge in [-0.3, -0.25) is 9.59 Å². The van der Waals surface area contributed by atoms with Gasteiger partial charge in [-0.25, -0.2) is 0 Å². The summed E-state index contributed by atoms with van der Waals surface area (Å²) >= 11 is 0. The van der Waals surface area contributed by atoms with Crippen LogP contribution in [0, 0.1) is 11.8 Å². The van der Waals surface area contributed by atoms with Gasteiger partial charge < -0.3 is 10.3 Å². The third kappa shape index (κ3) is 4.79. The van der Waals surface area contributed by atoms with Crippen LogP contribution in [0.25, 0.3) is 10.9 Å². The van der Waals surface area contributed by atoms with Crippen LogP contribution in [0.3, 0.4) is 0 Å². The molecular weight excluding hydrogens is 336 g/mol. The van der Waals surface area contributed by atoms with Crippen molar-refractivity contribution >= 4 is 22.5 Å². The first kappa shape index (κ1) is 19.7. The second-order valence-corrected chi connectivity index (χ2v) is 8.35. The Hall–Kier alpha value is -2.10. The normalized spacial score (nSPS) is 20.1. The summed E-state index contributed by atoms with van der Waals surface area (Å²) in [5.74, 6) is 1.30. The van der Waals surface area contributed by atoms with Gasteiger partial charge in [0.05, 0.1) is 5.52 Å². The molecule has 2 N–H and O–H groups in total. The lowest BCUT2D eigenvalue weighted by atomic mass is 9.79. The predicted octanol–water partition coefficient (Wildman–Crippen LogP) is 5.59. The summed E-state index contributed by atoms with van der Waals surface area (Å²) in [5, 5.41) is 4.11. The number of pyridine rings is 1. The Morgan fingerprint density at radius 1 is 1.19 bits per heavy atom. The Labute approximate surface area is 161 Å². The standard InChI is InChI=1S/C23H32N2O2/c1-4-5-6-16-7-9-17(10-8-16)23(27)24-18-11-12-19-20(15(2)3)14-22(26)25-21(19)13-18/h11-17H,4-10H2,1-3H3,(H,24,27)(H,25,26). The van der Waals surface area contributed by atoms with Crippen LogP contribution in [-0.4, -0.2) is 10.9 Å². The molecule has 0 unspecified atom stereocenters. The summed E-state index contributed by atoms with van der Waals surface area (Å²) in [7, 11) is 0. The molecular formula is C23H32N2O2. The SMILES string of the molecule is CCCCC1CCC(C(=O)Nc2ccc3c(C(C)C)cc(=O)[nH]c3c2)CC1. The fourth-order valence-electron chi connectivity index (χ4n) is 4.29. The number of aromatic nitrogens is 1. The van der Waals surface area contributed by atoms with Crippen molar-refractivity contribution in [3.05, 3.63) is 40.2 Å². The number of amides is 1. The van der Waals surface area contributed by atoms with Gasteiger partial charge in [0.25, 0.3) is 0 Å². The Morgan fingerprint density at radius 2 is 1.93 bits per heavy atom. The van der Waals surface area contributed by atoms with E-state index in [9.17, 15) is 9.59 Å². The summed E-state index contributed by atoms with van der Waals surface area (Å²) in [4.78, 5) is 27.5. The maximum absolute atomic E-state index is 12.7. The molecule has 4 nitrogen and oxygen atoms in total. The third-order valence-corrected chi connectivity index (χ3v) is 5.95. The highest BCUT2D eigenvalue weighted by Crippen LogP contribution is 2.33. The van der Waals surface area contributed by atoms with E-state index in [0.717, 1.165) is 40.9 Å². The Bertz CT molecular complexity index is 845. The highest BCUT2D eigenvalue weighted by atomic mass is 16.2. The average molecular weight is 369 g/mol. The minimum Gasteiger partial charge on any atom is -0.326 e. The van der Waals surface area contributed by atoms with E-state index >= 15 is 0 Å². The van der Waals surface area contributed by atoms with Gasteiger partial charge in [-0.05, 0) is 55.2 Å². The zero-order valence-corrected chi connectivity index (χ0v) is 16.8. The molecule has 0 aliphatic heterocycles. The number of carbonyl (C=O) groups is 1. The minimum atomic E-state index is -0.0971. The molecule has 0 radical (unpaired) electrons. The molecule has 3 rings (SSSR count). The zero-order chi connectivity index (χ0) is 19.4. The second kappa shape index (κ2) is 8.73. The van der Waals surface area contributed by atoms with Crippen molar-refractivity contribution in [2.75, 3.05) is 5.32 Å². The zero-order valence-electron chi connectivity index (χ0n) is 16.8. The van der Waals surface area contributed by atoms with E-state index in [2.05, 4.69) is 31.1 Å². The monoisotopic (exact) mass is 368 g/mol. The largest absolute Gasteiger partial charge is 0.326 e. The van der Waals surface area contributed by atoms with Gasteiger partial charge in [0, 0.05) is 23.1 Å². The van der Waals surface area contributed by atoms with Crippen molar-refractivity contribution in [2.24, 2.45) is 11.8 Å². The molecule has 1 aliphatic carbocycles. The van der Waals surface area contributed by atoms with Gasteiger partial charge in [-0.15, -0.1) is 0 Å². The molecule has 4 heteroatoms. The third-order valence-electron chi connectivity index (χ3n) is 5.95. The molecule has 0 spiro atoms. The first-order valence-corrected chi connectivity index (χ1v) is 10.5. The number of anilines is 1. The van der Waals surface area contributed by atoms with E-state index in [4.69, 9.17) is 0 Å². The van der Waals surface area contributed by atoms with Crippen molar-refractivity contribution in [3.8, 4) is 0 Å². The highest BCUT2D eigenvalue weighted by Gasteiger charge is 2.26. The Kier molecular flexibility index (Phi) is 6.35. The number of aromatic amines is 1. The van der Waals surface area contributed by atoms with Crippen molar-refractivity contribution < 1.29 is 4.79 Å². The summed E-state index contributed by atoms with van der Waals surface area (Å²) in [6, 6.07) is 7.49. The molecule has 146 valence electrons. The number of rotatable bonds is 6. The average Bonchev–Trinajstić information content (AvgIpc) is 2.65. The van der Waals surface area contributed by atoms with Gasteiger partial charge in [0.2, 0.25) is 11.5 Å². The van der Waals surface area contributed by atoms with Gasteiger partial charge in [0.15, 0.2) is 0 Å². The molecule has 1 fully saturated rings. The number of benzene rings is 1. The van der Waals surface area contributed by atoms with Crippen molar-refractivity contribution in [1.29, 1.82) is 0 Å². The molecule has 0 bridgehead atoms. The second-order valence-electron chi connectivity index (χ2n) is 8.35. The molecule has 0 saturated heterocycles. The first-order valence-electron chi connectivity index (χ1n) is 10.5. The molecule has 27 heavy (non-hydrogen) atoms. The predicted molar refractivity (Wildman–Crippen MR) is 112 cm³/mol. The Morgan fingerprint density at radius 3 is 2.59 bits per heavy atom. The number of nitrogens with one attached hydrogen (secondary N) is 2. The lowest BCUT2D eigenvalue weighted by Crippen LogP contribution is -2.27. The van der Waals surface area contributed by atoms with Crippen LogP contribution < -0.4 is 10.9 Å². The Balaban J connectivity index is 1.68. The molecule has 1 aromatic heterocycles. The summed E-state index contributed by atoms with van der Waals surface area (Å²) < 4.78 is 0. The molecule has 1 heterocycles. The van der Waals surface area contributed by atoms with Crippen molar-refractivity contribution in [2.45, 2.75) is 71.6 Å². The van der Waals surface area contributed by atoms with Gasteiger partial charge in [-0.2, -0.15) is 0 Å². The van der Waals surface area contributed by atoms with Crippen LogP contribution in [0.2, 0.25) is 0 Å². The highest BCUT2D eigenvalue weighted by molar-refractivity contribution is 5.95. The van der Waals surface area contributed by atoms with Crippen LogP contribution in [0.15, 0.2) is 29.1 Å². The van der Waals surface area contributed by atoms with Gasteiger partial charge in [0.1, 0.15) is 0 Å². The summed E-state index contributed by atoms with van der Waals surface area (Å²) in [6.45, 7) is 6.40. The molecule has 0 atom stereocenters. The quantitative estimate of drug-likeness (QED) is 0.698. The van der Waals surface area contributed by atoms with E-state index < -0.39 is 0 Å². The molecule has 1 aliphatic rings. The van der Waals surface area contributed by atoms with Crippen LogP contribution in [-0.2, 0) is 4.79 Å². The van der Waals surface area contributed by atoms with Gasteiger partial charge in [-0.1, -0.05) is 46.1 Å². The number of hydrogen-bond donors (Lipinski definition) is 2.